The van der Waals surface area contributed by atoms with Crippen LogP contribution in [0.5, 0.6) is 5.75 Å². The lowest BCUT2D eigenvalue weighted by Gasteiger charge is -2.18. The molecule has 1 amide bonds. The second kappa shape index (κ2) is 11.7. The van der Waals surface area contributed by atoms with E-state index in [0.29, 0.717) is 18.7 Å². The molecule has 0 bridgehead atoms. The lowest BCUT2D eigenvalue weighted by molar-refractivity contribution is -0.116. The van der Waals surface area contributed by atoms with Crippen LogP contribution < -0.4 is 26.6 Å². The molecule has 0 aliphatic carbocycles. The number of carbonyl (C=O) groups is 1. The topological polar surface area (TPSA) is 114 Å². The number of benzene rings is 2. The Hall–Kier alpha value is -3.85. The van der Waals surface area contributed by atoms with E-state index in [9.17, 15) is 14.4 Å². The van der Waals surface area contributed by atoms with Gasteiger partial charge in [0.1, 0.15) is 17.3 Å². The van der Waals surface area contributed by atoms with Crippen LogP contribution in [0, 0.1) is 0 Å². The molecule has 9 heteroatoms. The van der Waals surface area contributed by atoms with Gasteiger partial charge in [-0.1, -0.05) is 48.5 Å². The van der Waals surface area contributed by atoms with Gasteiger partial charge in [-0.15, -0.1) is 0 Å². The number of para-hydroxylation sites is 1. The maximum absolute atomic E-state index is 12.8. The predicted molar refractivity (Wildman–Crippen MR) is 127 cm³/mol. The molecule has 0 atom stereocenters. The summed E-state index contributed by atoms with van der Waals surface area (Å²) >= 11 is 0. The van der Waals surface area contributed by atoms with Gasteiger partial charge < -0.3 is 20.1 Å². The van der Waals surface area contributed by atoms with Crippen LogP contribution in [0.1, 0.15) is 17.5 Å². The Morgan fingerprint density at radius 3 is 2.48 bits per heavy atom. The van der Waals surface area contributed by atoms with Gasteiger partial charge in [-0.25, -0.2) is 4.79 Å². The molecule has 3 aromatic rings. The van der Waals surface area contributed by atoms with Crippen LogP contribution in [0.15, 0.2) is 64.2 Å². The largest absolute Gasteiger partial charge is 0.496 e. The SMILES string of the molecule is COCCn1c(NC(=O)CCc2ccccc2OC)c(NCc2ccccc2)c(=O)[nH]c1=O. The fraction of sp³-hybridized carbons (Fsp3) is 0.292. The number of ether oxygens (including phenoxy) is 2. The van der Waals surface area contributed by atoms with Crippen molar-refractivity contribution in [3.05, 3.63) is 86.6 Å². The van der Waals surface area contributed by atoms with E-state index in [1.807, 2.05) is 54.6 Å². The summed E-state index contributed by atoms with van der Waals surface area (Å²) in [7, 11) is 3.09. The fourth-order valence-electron chi connectivity index (χ4n) is 3.40. The van der Waals surface area contributed by atoms with Crippen LogP contribution in [0.4, 0.5) is 11.5 Å². The average molecular weight is 453 g/mol. The van der Waals surface area contributed by atoms with Crippen molar-refractivity contribution >= 4 is 17.4 Å². The zero-order chi connectivity index (χ0) is 23.6. The fourth-order valence-corrected chi connectivity index (χ4v) is 3.40. The van der Waals surface area contributed by atoms with E-state index in [2.05, 4.69) is 15.6 Å². The lowest BCUT2D eigenvalue weighted by atomic mass is 10.1. The van der Waals surface area contributed by atoms with Crippen molar-refractivity contribution in [3.63, 3.8) is 0 Å². The Kier molecular flexibility index (Phi) is 8.43. The highest BCUT2D eigenvalue weighted by atomic mass is 16.5. The molecule has 0 aliphatic heterocycles. The molecule has 3 N–H and O–H groups in total. The van der Waals surface area contributed by atoms with E-state index in [0.717, 1.165) is 11.1 Å². The zero-order valence-corrected chi connectivity index (χ0v) is 18.7. The predicted octanol–water partition coefficient (Wildman–Crippen LogP) is 2.38. The minimum absolute atomic E-state index is 0.111. The van der Waals surface area contributed by atoms with Crippen LogP contribution in [-0.4, -0.2) is 36.3 Å². The smallest absolute Gasteiger partial charge is 0.330 e. The molecular formula is C24H28N4O5. The van der Waals surface area contributed by atoms with Crippen LogP contribution in [0.2, 0.25) is 0 Å². The second-order valence-corrected chi connectivity index (χ2v) is 7.33. The number of aromatic amines is 1. The maximum Gasteiger partial charge on any atom is 0.330 e. The highest BCUT2D eigenvalue weighted by Gasteiger charge is 2.18. The van der Waals surface area contributed by atoms with Crippen LogP contribution in [-0.2, 0) is 29.0 Å². The first-order valence-corrected chi connectivity index (χ1v) is 10.6. The number of aromatic nitrogens is 2. The molecule has 0 aliphatic rings. The van der Waals surface area contributed by atoms with Crippen LogP contribution in [0.25, 0.3) is 0 Å². The van der Waals surface area contributed by atoms with E-state index in [4.69, 9.17) is 9.47 Å². The molecule has 0 unspecified atom stereocenters. The zero-order valence-electron chi connectivity index (χ0n) is 18.7. The third-order valence-electron chi connectivity index (χ3n) is 5.10. The molecule has 0 saturated heterocycles. The van der Waals surface area contributed by atoms with E-state index >= 15 is 0 Å². The molecule has 2 aromatic carbocycles. The molecule has 1 heterocycles. The maximum atomic E-state index is 12.8. The van der Waals surface area contributed by atoms with Crippen molar-refractivity contribution in [2.45, 2.75) is 25.9 Å². The Morgan fingerprint density at radius 2 is 1.76 bits per heavy atom. The van der Waals surface area contributed by atoms with E-state index < -0.39 is 11.2 Å². The standard InChI is InChI=1S/C24H28N4O5/c1-32-15-14-28-22(26-20(29)13-12-18-10-6-7-11-19(18)33-2)21(23(30)27-24(28)31)25-16-17-8-4-3-5-9-17/h3-11,25H,12-16H2,1-2H3,(H,26,29)(H,27,30,31). The molecule has 9 nitrogen and oxygen atoms in total. The number of hydrogen-bond acceptors (Lipinski definition) is 6. The molecule has 1 aromatic heterocycles. The molecule has 0 spiro atoms. The summed E-state index contributed by atoms with van der Waals surface area (Å²) in [6, 6.07) is 17.0. The van der Waals surface area contributed by atoms with E-state index in [-0.39, 0.29) is 37.0 Å². The van der Waals surface area contributed by atoms with Gasteiger partial charge in [-0.2, -0.15) is 0 Å². The molecule has 0 radical (unpaired) electrons. The van der Waals surface area contributed by atoms with Crippen molar-refractivity contribution in [2.24, 2.45) is 0 Å². The van der Waals surface area contributed by atoms with Gasteiger partial charge in [0.15, 0.2) is 0 Å². The van der Waals surface area contributed by atoms with Gasteiger partial charge in [-0.05, 0) is 23.6 Å². The Labute approximate surface area is 191 Å². The number of anilines is 2. The number of nitrogens with zero attached hydrogens (tertiary/aromatic N) is 1. The molecule has 0 fully saturated rings. The third kappa shape index (κ3) is 6.33. The van der Waals surface area contributed by atoms with Gasteiger partial charge in [0.2, 0.25) is 5.91 Å². The molecule has 0 saturated carbocycles. The monoisotopic (exact) mass is 452 g/mol. The first-order valence-electron chi connectivity index (χ1n) is 10.6. The summed E-state index contributed by atoms with van der Waals surface area (Å²) in [6.45, 7) is 0.735. The van der Waals surface area contributed by atoms with Gasteiger partial charge in [0.25, 0.3) is 5.56 Å². The number of amides is 1. The molecular weight excluding hydrogens is 424 g/mol. The van der Waals surface area contributed by atoms with E-state index in [1.54, 1.807) is 7.11 Å². The Balaban J connectivity index is 1.85. The minimum Gasteiger partial charge on any atom is -0.496 e. The quantitative estimate of drug-likeness (QED) is 0.412. The van der Waals surface area contributed by atoms with Crippen LogP contribution >= 0.6 is 0 Å². The number of hydrogen-bond donors (Lipinski definition) is 3. The molecule has 33 heavy (non-hydrogen) atoms. The average Bonchev–Trinajstić information content (AvgIpc) is 2.83. The highest BCUT2D eigenvalue weighted by molar-refractivity contribution is 5.93. The number of carbonyl (C=O) groups excluding carboxylic acids is 1. The minimum atomic E-state index is -0.623. The second-order valence-electron chi connectivity index (χ2n) is 7.33. The van der Waals surface area contributed by atoms with Gasteiger partial charge >= 0.3 is 5.69 Å². The van der Waals surface area contributed by atoms with Gasteiger partial charge in [0, 0.05) is 20.1 Å². The first kappa shape index (κ1) is 23.8. The molecule has 174 valence electrons. The number of aryl methyl sites for hydroxylation is 1. The number of H-pyrrole nitrogens is 1. The lowest BCUT2D eigenvalue weighted by Crippen LogP contribution is -2.36. The van der Waals surface area contributed by atoms with Crippen molar-refractivity contribution in [1.82, 2.24) is 9.55 Å². The van der Waals surface area contributed by atoms with Gasteiger partial charge in [-0.3, -0.25) is 19.1 Å². The summed E-state index contributed by atoms with van der Waals surface area (Å²) in [5.41, 5.74) is 0.715. The summed E-state index contributed by atoms with van der Waals surface area (Å²) in [6.07, 6.45) is 0.581. The van der Waals surface area contributed by atoms with Crippen molar-refractivity contribution in [2.75, 3.05) is 31.5 Å². The summed E-state index contributed by atoms with van der Waals surface area (Å²) in [5.74, 6) is 0.477. The number of rotatable bonds is 11. The molecule has 3 rings (SSSR count). The van der Waals surface area contributed by atoms with Crippen molar-refractivity contribution < 1.29 is 14.3 Å². The van der Waals surface area contributed by atoms with Gasteiger partial charge in [0.05, 0.1) is 20.3 Å². The Bertz CT molecular complexity index is 1190. The van der Waals surface area contributed by atoms with Crippen molar-refractivity contribution in [3.8, 4) is 5.75 Å². The normalized spacial score (nSPS) is 10.6. The first-order chi connectivity index (χ1) is 16.0. The number of methoxy groups -OCH3 is 2. The highest BCUT2D eigenvalue weighted by Crippen LogP contribution is 2.20. The third-order valence-corrected chi connectivity index (χ3v) is 5.10. The van der Waals surface area contributed by atoms with Crippen molar-refractivity contribution in [1.29, 1.82) is 0 Å². The summed E-state index contributed by atoms with van der Waals surface area (Å²) < 4.78 is 11.7. The van der Waals surface area contributed by atoms with Crippen LogP contribution in [0.3, 0.4) is 0 Å². The van der Waals surface area contributed by atoms with E-state index in [1.165, 1.54) is 11.7 Å². The summed E-state index contributed by atoms with van der Waals surface area (Å²) in [4.78, 5) is 40.2. The Morgan fingerprint density at radius 1 is 1.03 bits per heavy atom. The summed E-state index contributed by atoms with van der Waals surface area (Å²) in [5, 5.41) is 5.82. The number of nitrogens with one attached hydrogen (secondary N) is 3.